The van der Waals surface area contributed by atoms with Gasteiger partial charge in [0.1, 0.15) is 16.6 Å². The van der Waals surface area contributed by atoms with E-state index in [1.807, 2.05) is 34.6 Å². The van der Waals surface area contributed by atoms with E-state index in [0.29, 0.717) is 17.0 Å². The molecule has 1 saturated heterocycles. The number of nitrogens with one attached hydrogen (secondary N) is 1. The maximum Gasteiger partial charge on any atom is 0.255 e. The standard InChI is InChI=1S/C18H16N2O3S/c21-18(19-15-5-2-13-8-10-23-17(13)12-15)14-3-6-16(7-4-14)20-9-1-11-24(20)22/h2-8,10,12H,1,9,11H2,(H,19,21). The molecule has 1 aliphatic rings. The number of benzene rings is 2. The van der Waals surface area contributed by atoms with E-state index in [2.05, 4.69) is 5.32 Å². The Morgan fingerprint density at radius 2 is 1.96 bits per heavy atom. The summed E-state index contributed by atoms with van der Waals surface area (Å²) in [7, 11) is -0.948. The molecule has 1 N–H and O–H groups in total. The largest absolute Gasteiger partial charge is 0.464 e. The molecule has 24 heavy (non-hydrogen) atoms. The van der Waals surface area contributed by atoms with Crippen LogP contribution in [0.15, 0.2) is 59.2 Å². The minimum Gasteiger partial charge on any atom is -0.464 e. The van der Waals surface area contributed by atoms with E-state index in [9.17, 15) is 9.00 Å². The Bertz CT molecular complexity index is 917. The van der Waals surface area contributed by atoms with Crippen molar-refractivity contribution < 1.29 is 13.4 Å². The highest BCUT2D eigenvalue weighted by Gasteiger charge is 2.20. The van der Waals surface area contributed by atoms with Gasteiger partial charge in [0, 0.05) is 40.7 Å². The highest BCUT2D eigenvalue weighted by molar-refractivity contribution is 7.86. The zero-order valence-corrected chi connectivity index (χ0v) is 13.7. The van der Waals surface area contributed by atoms with Crippen molar-refractivity contribution in [3.8, 4) is 0 Å². The van der Waals surface area contributed by atoms with Crippen LogP contribution in [0.25, 0.3) is 11.0 Å². The predicted octanol–water partition coefficient (Wildman–Crippen LogP) is 3.56. The lowest BCUT2D eigenvalue weighted by Crippen LogP contribution is -2.19. The van der Waals surface area contributed by atoms with Gasteiger partial charge in [-0.25, -0.2) is 4.21 Å². The summed E-state index contributed by atoms with van der Waals surface area (Å²) in [6.45, 7) is 0.793. The highest BCUT2D eigenvalue weighted by Crippen LogP contribution is 2.23. The van der Waals surface area contributed by atoms with Crippen LogP contribution in [-0.4, -0.2) is 22.4 Å². The molecule has 1 atom stereocenters. The Labute approximate surface area is 141 Å². The minimum absolute atomic E-state index is 0.185. The normalized spacial score (nSPS) is 17.3. The first-order chi connectivity index (χ1) is 11.7. The number of hydrogen-bond donors (Lipinski definition) is 1. The van der Waals surface area contributed by atoms with Crippen LogP contribution in [0.2, 0.25) is 0 Å². The molecule has 2 aromatic carbocycles. The van der Waals surface area contributed by atoms with Gasteiger partial charge in [0.25, 0.3) is 5.91 Å². The van der Waals surface area contributed by atoms with Crippen molar-refractivity contribution in [2.45, 2.75) is 6.42 Å². The first-order valence-corrected chi connectivity index (χ1v) is 9.03. The summed E-state index contributed by atoms with van der Waals surface area (Å²) < 4.78 is 19.1. The molecule has 3 aromatic rings. The number of anilines is 2. The third-order valence-electron chi connectivity index (χ3n) is 4.06. The number of furan rings is 1. The smallest absolute Gasteiger partial charge is 0.255 e. The molecule has 0 radical (unpaired) electrons. The predicted molar refractivity (Wildman–Crippen MR) is 95.6 cm³/mol. The average molecular weight is 340 g/mol. The second-order valence-electron chi connectivity index (χ2n) is 5.66. The molecule has 1 fully saturated rings. The van der Waals surface area contributed by atoms with Gasteiger partial charge in [-0.2, -0.15) is 0 Å². The summed E-state index contributed by atoms with van der Waals surface area (Å²) in [5, 5.41) is 3.86. The van der Waals surface area contributed by atoms with E-state index in [1.54, 1.807) is 24.5 Å². The first-order valence-electron chi connectivity index (χ1n) is 7.75. The van der Waals surface area contributed by atoms with Crippen molar-refractivity contribution in [3.05, 3.63) is 60.4 Å². The topological polar surface area (TPSA) is 62.6 Å². The molecule has 0 bridgehead atoms. The molecular weight excluding hydrogens is 324 g/mol. The molecule has 1 unspecified atom stereocenters. The Kier molecular flexibility index (Phi) is 3.82. The third-order valence-corrected chi connectivity index (χ3v) is 5.58. The van der Waals surface area contributed by atoms with Gasteiger partial charge >= 0.3 is 0 Å². The van der Waals surface area contributed by atoms with Crippen molar-refractivity contribution >= 4 is 39.2 Å². The van der Waals surface area contributed by atoms with E-state index in [4.69, 9.17) is 4.42 Å². The quantitative estimate of drug-likeness (QED) is 0.793. The van der Waals surface area contributed by atoms with Crippen molar-refractivity contribution in [2.24, 2.45) is 0 Å². The molecule has 2 heterocycles. The van der Waals surface area contributed by atoms with Gasteiger partial charge in [-0.05, 0) is 48.9 Å². The first kappa shape index (κ1) is 15.0. The molecule has 6 heteroatoms. The molecule has 0 saturated carbocycles. The maximum atomic E-state index is 12.4. The third kappa shape index (κ3) is 2.80. The molecule has 1 amide bonds. The molecule has 0 aliphatic carbocycles. The lowest BCUT2D eigenvalue weighted by atomic mass is 10.1. The summed E-state index contributed by atoms with van der Waals surface area (Å²) in [6, 6.07) is 14.6. The van der Waals surface area contributed by atoms with Crippen LogP contribution in [0.3, 0.4) is 0 Å². The summed E-state index contributed by atoms with van der Waals surface area (Å²) in [5.41, 5.74) is 2.87. The van der Waals surface area contributed by atoms with Gasteiger partial charge in [-0.3, -0.25) is 9.10 Å². The van der Waals surface area contributed by atoms with Crippen molar-refractivity contribution in [3.63, 3.8) is 0 Å². The highest BCUT2D eigenvalue weighted by atomic mass is 32.2. The minimum atomic E-state index is -0.948. The van der Waals surface area contributed by atoms with Crippen molar-refractivity contribution in [2.75, 3.05) is 21.9 Å². The molecule has 122 valence electrons. The number of hydrogen-bond acceptors (Lipinski definition) is 3. The monoisotopic (exact) mass is 340 g/mol. The maximum absolute atomic E-state index is 12.4. The Balaban J connectivity index is 1.50. The number of carbonyl (C=O) groups is 1. The summed E-state index contributed by atoms with van der Waals surface area (Å²) >= 11 is 0. The van der Waals surface area contributed by atoms with Crippen LogP contribution < -0.4 is 9.62 Å². The van der Waals surface area contributed by atoms with Crippen LogP contribution in [0.4, 0.5) is 11.4 Å². The van der Waals surface area contributed by atoms with Crippen LogP contribution in [0, 0.1) is 0 Å². The summed E-state index contributed by atoms with van der Waals surface area (Å²) in [4.78, 5) is 12.4. The Hall–Kier alpha value is -2.60. The van der Waals surface area contributed by atoms with Crippen LogP contribution in [0.1, 0.15) is 16.8 Å². The van der Waals surface area contributed by atoms with Gasteiger partial charge in [-0.15, -0.1) is 0 Å². The Morgan fingerprint density at radius 1 is 1.12 bits per heavy atom. The number of amides is 1. The zero-order valence-electron chi connectivity index (χ0n) is 12.9. The van der Waals surface area contributed by atoms with E-state index in [-0.39, 0.29) is 5.91 Å². The van der Waals surface area contributed by atoms with Crippen LogP contribution in [-0.2, 0) is 11.0 Å². The van der Waals surface area contributed by atoms with Gasteiger partial charge < -0.3 is 9.73 Å². The fourth-order valence-corrected chi connectivity index (χ4v) is 4.09. The molecule has 5 nitrogen and oxygen atoms in total. The molecule has 1 aromatic heterocycles. The lowest BCUT2D eigenvalue weighted by Gasteiger charge is -2.16. The second kappa shape index (κ2) is 6.13. The Morgan fingerprint density at radius 3 is 2.71 bits per heavy atom. The summed E-state index contributed by atoms with van der Waals surface area (Å²) in [6.07, 6.45) is 2.56. The molecular formula is C18H16N2O3S. The fraction of sp³-hybridized carbons (Fsp3) is 0.167. The lowest BCUT2D eigenvalue weighted by molar-refractivity contribution is 0.102. The van der Waals surface area contributed by atoms with E-state index in [0.717, 1.165) is 29.6 Å². The van der Waals surface area contributed by atoms with Crippen LogP contribution in [0.5, 0.6) is 0 Å². The molecule has 4 rings (SSSR count). The fourth-order valence-electron chi connectivity index (χ4n) is 2.81. The number of rotatable bonds is 3. The number of fused-ring (bicyclic) bond motifs is 1. The van der Waals surface area contributed by atoms with Gasteiger partial charge in [0.05, 0.1) is 6.26 Å². The second-order valence-corrected chi connectivity index (χ2v) is 7.15. The van der Waals surface area contributed by atoms with E-state index in [1.165, 1.54) is 0 Å². The molecule has 1 aliphatic heterocycles. The van der Waals surface area contributed by atoms with Gasteiger partial charge in [-0.1, -0.05) is 0 Å². The van der Waals surface area contributed by atoms with E-state index < -0.39 is 11.0 Å². The zero-order chi connectivity index (χ0) is 16.5. The number of carbonyl (C=O) groups excluding carboxylic acids is 1. The number of nitrogens with zero attached hydrogens (tertiary/aromatic N) is 1. The van der Waals surface area contributed by atoms with Crippen molar-refractivity contribution in [1.29, 1.82) is 0 Å². The average Bonchev–Trinajstić information content (AvgIpc) is 3.23. The SMILES string of the molecule is O=C(Nc1ccc2ccoc2c1)c1ccc(N2CCCS2=O)cc1. The molecule has 0 spiro atoms. The van der Waals surface area contributed by atoms with Gasteiger partial charge in [0.2, 0.25) is 0 Å². The van der Waals surface area contributed by atoms with Crippen LogP contribution >= 0.6 is 0 Å². The van der Waals surface area contributed by atoms with Gasteiger partial charge in [0.15, 0.2) is 0 Å². The van der Waals surface area contributed by atoms with E-state index >= 15 is 0 Å². The van der Waals surface area contributed by atoms with Crippen molar-refractivity contribution in [1.82, 2.24) is 0 Å². The summed E-state index contributed by atoms with van der Waals surface area (Å²) in [5.74, 6) is 0.521.